The normalized spacial score (nSPS) is 22.0. The van der Waals surface area contributed by atoms with Gasteiger partial charge in [-0.3, -0.25) is 14.5 Å². The molecule has 2 aromatic carbocycles. The molecule has 5 heterocycles. The summed E-state index contributed by atoms with van der Waals surface area (Å²) in [7, 11) is 2.15. The minimum absolute atomic E-state index is 0.0205. The second kappa shape index (κ2) is 15.3. The van der Waals surface area contributed by atoms with E-state index in [-0.39, 0.29) is 62.3 Å². The summed E-state index contributed by atoms with van der Waals surface area (Å²) in [4.78, 5) is 57.4. The fourth-order valence-electron chi connectivity index (χ4n) is 7.60. The van der Waals surface area contributed by atoms with Crippen LogP contribution in [-0.2, 0) is 29.1 Å². The lowest BCUT2D eigenvalue weighted by Crippen LogP contribution is -2.76. The van der Waals surface area contributed by atoms with Crippen molar-refractivity contribution in [1.29, 1.82) is 0 Å². The van der Waals surface area contributed by atoms with E-state index in [0.29, 0.717) is 11.7 Å². The number of hydrazine groups is 1. The number of nitrogens with one attached hydrogen (secondary N) is 1. The van der Waals surface area contributed by atoms with Crippen molar-refractivity contribution in [3.8, 4) is 5.75 Å². The highest BCUT2D eigenvalue weighted by atomic mass is 19.1. The number of anilines is 1. The van der Waals surface area contributed by atoms with Gasteiger partial charge in [-0.1, -0.05) is 48.5 Å². The van der Waals surface area contributed by atoms with Crippen molar-refractivity contribution >= 4 is 23.7 Å². The van der Waals surface area contributed by atoms with Gasteiger partial charge in [-0.15, -0.1) is 6.58 Å². The lowest BCUT2D eigenvalue weighted by Gasteiger charge is -2.55. The third-order valence-corrected chi connectivity index (χ3v) is 10.5. The number of likely N-dealkylation sites (N-methyl/N-ethyl adjacent to an activating group) is 1. The van der Waals surface area contributed by atoms with Crippen LogP contribution >= 0.6 is 0 Å². The minimum atomic E-state index is -1.11. The number of piperazine rings is 2. The Morgan fingerprint density at radius 3 is 2.52 bits per heavy atom. The number of aromatic hydroxyl groups is 1. The number of pyridine rings is 1. The molecule has 4 aliphatic rings. The molecule has 14 heteroatoms. The Bertz CT molecular complexity index is 1780. The minimum Gasteiger partial charge on any atom is -0.508 e. The quantitative estimate of drug-likeness (QED) is 0.305. The van der Waals surface area contributed by atoms with E-state index in [1.807, 2.05) is 48.5 Å². The van der Waals surface area contributed by atoms with E-state index < -0.39 is 24.1 Å². The van der Waals surface area contributed by atoms with Crippen molar-refractivity contribution in [3.63, 3.8) is 0 Å². The molecule has 2 atom stereocenters. The highest BCUT2D eigenvalue weighted by molar-refractivity contribution is 5.91. The van der Waals surface area contributed by atoms with Gasteiger partial charge in [0.15, 0.2) is 0 Å². The van der Waals surface area contributed by atoms with Crippen molar-refractivity contribution in [2.75, 3.05) is 70.9 Å². The van der Waals surface area contributed by atoms with E-state index >= 15 is 4.39 Å². The number of amides is 4. The Morgan fingerprint density at radius 1 is 1.02 bits per heavy atom. The molecule has 0 bridgehead atoms. The number of rotatable bonds is 10. The second-order valence-corrected chi connectivity index (χ2v) is 14.0. The van der Waals surface area contributed by atoms with Gasteiger partial charge in [0.1, 0.15) is 29.6 Å². The van der Waals surface area contributed by atoms with Crippen LogP contribution in [0.15, 0.2) is 79.4 Å². The summed E-state index contributed by atoms with van der Waals surface area (Å²) in [6, 6.07) is 18.0. The molecular formula is C38H46FN9O4. The van der Waals surface area contributed by atoms with Gasteiger partial charge in [0.25, 0.3) is 0 Å². The van der Waals surface area contributed by atoms with Crippen LogP contribution in [0.3, 0.4) is 0 Å². The topological polar surface area (TPSA) is 119 Å². The maximum absolute atomic E-state index is 15.1. The number of benzene rings is 2. The number of phenols is 1. The SMILES string of the molecule is C=CCN1CC(=O)N2C(Cc3ccc(O)cc3F)C(=O)N(Cc3cccc(N4CC(N5CCN(C)CC5)C4)n3)CC2N1C(=O)NCc1ccccc1. The number of carbonyl (C=O) groups excluding carboxylic acids is 3. The molecule has 4 fully saturated rings. The molecule has 0 spiro atoms. The van der Waals surface area contributed by atoms with Gasteiger partial charge in [-0.25, -0.2) is 24.2 Å². The number of fused-ring (bicyclic) bond motifs is 1. The third kappa shape index (κ3) is 7.45. The van der Waals surface area contributed by atoms with Crippen LogP contribution < -0.4 is 10.2 Å². The molecule has 274 valence electrons. The van der Waals surface area contributed by atoms with Crippen LogP contribution in [0.4, 0.5) is 15.0 Å². The second-order valence-electron chi connectivity index (χ2n) is 14.0. The number of halogens is 1. The highest BCUT2D eigenvalue weighted by Crippen LogP contribution is 2.31. The maximum Gasteiger partial charge on any atom is 0.334 e. The van der Waals surface area contributed by atoms with Crippen LogP contribution in [0.1, 0.15) is 16.8 Å². The largest absolute Gasteiger partial charge is 0.508 e. The van der Waals surface area contributed by atoms with E-state index in [1.165, 1.54) is 22.0 Å². The predicted molar refractivity (Wildman–Crippen MR) is 193 cm³/mol. The van der Waals surface area contributed by atoms with E-state index in [2.05, 4.69) is 33.6 Å². The first-order valence-electron chi connectivity index (χ1n) is 17.9. The van der Waals surface area contributed by atoms with Crippen molar-refractivity contribution in [2.45, 2.75) is 37.8 Å². The highest BCUT2D eigenvalue weighted by Gasteiger charge is 2.51. The lowest BCUT2D eigenvalue weighted by atomic mass is 9.98. The number of hydrogen-bond donors (Lipinski definition) is 2. The zero-order chi connectivity index (χ0) is 36.4. The molecule has 0 aliphatic carbocycles. The molecular weight excluding hydrogens is 665 g/mol. The first-order valence-corrected chi connectivity index (χ1v) is 17.9. The van der Waals surface area contributed by atoms with Crippen molar-refractivity contribution in [1.82, 2.24) is 39.9 Å². The number of phenolic OH excluding ortho intramolecular Hbond substituents is 1. The van der Waals surface area contributed by atoms with Gasteiger partial charge in [0.05, 0.1) is 25.3 Å². The van der Waals surface area contributed by atoms with Crippen LogP contribution in [-0.4, -0.2) is 142 Å². The van der Waals surface area contributed by atoms with E-state index in [4.69, 9.17) is 4.98 Å². The first kappa shape index (κ1) is 35.4. The zero-order valence-corrected chi connectivity index (χ0v) is 29.5. The molecule has 1 aromatic heterocycles. The summed E-state index contributed by atoms with van der Waals surface area (Å²) in [6.07, 6.45) is 0.594. The molecule has 7 rings (SSSR count). The molecule has 0 saturated carbocycles. The summed E-state index contributed by atoms with van der Waals surface area (Å²) >= 11 is 0. The molecule has 52 heavy (non-hydrogen) atoms. The van der Waals surface area contributed by atoms with E-state index in [1.54, 1.807) is 16.0 Å². The van der Waals surface area contributed by atoms with Gasteiger partial charge in [-0.05, 0) is 36.4 Å². The molecule has 0 radical (unpaired) electrons. The smallest absolute Gasteiger partial charge is 0.334 e. The Morgan fingerprint density at radius 2 is 1.79 bits per heavy atom. The Labute approximate surface area is 303 Å². The molecule has 3 aromatic rings. The fourth-order valence-corrected chi connectivity index (χ4v) is 7.60. The number of hydrogen-bond acceptors (Lipinski definition) is 9. The average molecular weight is 712 g/mol. The fraction of sp³-hybridized carbons (Fsp3) is 0.421. The molecule has 4 aliphatic heterocycles. The predicted octanol–water partition coefficient (Wildman–Crippen LogP) is 2.10. The Balaban J connectivity index is 1.15. The number of carbonyl (C=O) groups is 3. The summed E-state index contributed by atoms with van der Waals surface area (Å²) in [6.45, 7) is 10.3. The molecule has 4 amide bonds. The standard InChI is InChI=1S/C38H46FN9O4/c1-3-14-46-26-36(50)47-33(19-28-12-13-31(49)20-32(28)39)37(51)45(25-35(47)48(46)38(52)40-21-27-8-5-4-6-9-27)22-29-10-7-11-34(41-29)44-23-30(24-44)43-17-15-42(2)16-18-43/h3-13,20,30,33,35,49H,1,14-19,21-26H2,2H3,(H,40,52). The van der Waals surface area contributed by atoms with Gasteiger partial charge >= 0.3 is 6.03 Å². The number of aromatic nitrogens is 1. The van der Waals surface area contributed by atoms with Gasteiger partial charge in [-0.2, -0.15) is 0 Å². The van der Waals surface area contributed by atoms with Gasteiger partial charge in [0.2, 0.25) is 11.8 Å². The van der Waals surface area contributed by atoms with Crippen LogP contribution in [0.5, 0.6) is 5.75 Å². The Kier molecular flexibility index (Phi) is 10.4. The average Bonchev–Trinajstić information content (AvgIpc) is 3.11. The van der Waals surface area contributed by atoms with E-state index in [0.717, 1.165) is 56.7 Å². The lowest BCUT2D eigenvalue weighted by molar-refractivity contribution is -0.189. The van der Waals surface area contributed by atoms with Gasteiger partial charge in [0, 0.05) is 70.9 Å². The summed E-state index contributed by atoms with van der Waals surface area (Å²) in [5.74, 6) is -0.817. The van der Waals surface area contributed by atoms with Gasteiger partial charge < -0.3 is 30.0 Å². The zero-order valence-electron chi connectivity index (χ0n) is 29.5. The maximum atomic E-state index is 15.1. The summed E-state index contributed by atoms with van der Waals surface area (Å²) in [5.41, 5.74) is 1.74. The number of urea groups is 1. The van der Waals surface area contributed by atoms with Crippen molar-refractivity contribution < 1.29 is 23.9 Å². The molecule has 2 N–H and O–H groups in total. The molecule has 2 unspecified atom stereocenters. The molecule has 13 nitrogen and oxygen atoms in total. The summed E-state index contributed by atoms with van der Waals surface area (Å²) in [5, 5.41) is 16.0. The van der Waals surface area contributed by atoms with Crippen LogP contribution in [0.25, 0.3) is 0 Å². The molecule has 4 saturated heterocycles. The van der Waals surface area contributed by atoms with Crippen LogP contribution in [0.2, 0.25) is 0 Å². The van der Waals surface area contributed by atoms with E-state index in [9.17, 15) is 19.5 Å². The van der Waals surface area contributed by atoms with Crippen molar-refractivity contribution in [3.05, 3.63) is 102 Å². The summed E-state index contributed by atoms with van der Waals surface area (Å²) < 4.78 is 15.1. The third-order valence-electron chi connectivity index (χ3n) is 10.5. The van der Waals surface area contributed by atoms with Crippen LogP contribution in [0, 0.1) is 5.82 Å². The first-order chi connectivity index (χ1) is 25.2. The number of nitrogens with zero attached hydrogens (tertiary/aromatic N) is 8. The monoisotopic (exact) mass is 711 g/mol. The van der Waals surface area contributed by atoms with Crippen molar-refractivity contribution in [2.24, 2.45) is 0 Å². The Hall–Kier alpha value is -5.05.